The minimum absolute atomic E-state index is 0.0480. The summed E-state index contributed by atoms with van der Waals surface area (Å²) in [5.41, 5.74) is 3.44. The highest BCUT2D eigenvalue weighted by Gasteiger charge is 2.38. The van der Waals surface area contributed by atoms with Crippen molar-refractivity contribution in [1.82, 2.24) is 4.57 Å². The lowest BCUT2D eigenvalue weighted by molar-refractivity contribution is -0.118. The number of rotatable bonds is 6. The van der Waals surface area contributed by atoms with Gasteiger partial charge in [-0.2, -0.15) is 0 Å². The first-order valence-corrected chi connectivity index (χ1v) is 13.6. The van der Waals surface area contributed by atoms with Crippen molar-refractivity contribution in [3.8, 4) is 0 Å². The molecule has 1 atom stereocenters. The molecule has 1 amide bonds. The number of hydrogen-bond donors (Lipinski definition) is 0. The van der Waals surface area contributed by atoms with Crippen LogP contribution in [0.4, 0.5) is 5.69 Å². The van der Waals surface area contributed by atoms with Crippen molar-refractivity contribution >= 4 is 44.1 Å². The van der Waals surface area contributed by atoms with Gasteiger partial charge < -0.3 is 4.57 Å². The largest absolute Gasteiger partial charge is 0.350 e. The lowest BCUT2D eigenvalue weighted by Crippen LogP contribution is -2.40. The molecule has 5 nitrogen and oxygen atoms in total. The summed E-state index contributed by atoms with van der Waals surface area (Å²) in [7, 11) is -2.35. The Morgan fingerprint density at radius 1 is 0.865 bits per heavy atom. The fraction of sp³-hybridized carbons (Fsp3) is 0.100. The Morgan fingerprint density at radius 2 is 1.49 bits per heavy atom. The van der Waals surface area contributed by atoms with Crippen LogP contribution in [0.2, 0.25) is 5.02 Å². The zero-order valence-corrected chi connectivity index (χ0v) is 21.9. The Kier molecular flexibility index (Phi) is 6.63. The molecule has 0 aliphatic rings. The molecule has 0 spiro atoms. The van der Waals surface area contributed by atoms with E-state index in [2.05, 4.69) is 0 Å². The summed E-state index contributed by atoms with van der Waals surface area (Å²) in [5, 5.41) is 1.41. The van der Waals surface area contributed by atoms with E-state index in [1.54, 1.807) is 48.5 Å². The minimum Gasteiger partial charge on any atom is -0.350 e. The molecule has 4 aromatic carbocycles. The quantitative estimate of drug-likeness (QED) is 0.246. The average Bonchev–Trinajstić information content (AvgIpc) is 3.20. The maximum Gasteiger partial charge on any atom is 0.270 e. The highest BCUT2D eigenvalue weighted by atomic mass is 35.5. The number of aromatic nitrogens is 1. The van der Waals surface area contributed by atoms with E-state index in [9.17, 15) is 13.2 Å². The Bertz CT molecular complexity index is 1680. The van der Waals surface area contributed by atoms with E-state index in [0.29, 0.717) is 16.1 Å². The van der Waals surface area contributed by atoms with Gasteiger partial charge in [-0.1, -0.05) is 83.9 Å². The molecule has 0 aliphatic carbocycles. The van der Waals surface area contributed by atoms with Crippen LogP contribution in [-0.2, 0) is 21.9 Å². The second kappa shape index (κ2) is 9.88. The number of anilines is 1. The monoisotopic (exact) mass is 528 g/mol. The van der Waals surface area contributed by atoms with Gasteiger partial charge in [-0.05, 0) is 54.4 Å². The molecule has 1 aromatic heterocycles. The lowest BCUT2D eigenvalue weighted by atomic mass is 9.90. The number of sulfonamides is 1. The Morgan fingerprint density at radius 3 is 2.14 bits per heavy atom. The summed E-state index contributed by atoms with van der Waals surface area (Å²) < 4.78 is 30.9. The van der Waals surface area contributed by atoms with Crippen molar-refractivity contribution in [2.24, 2.45) is 7.05 Å². The SMILES string of the molecule is Cc1ccc(S(=O)(=O)N(C(=O)C(c2ccccc2)c2cn(C)c3cc(Cl)ccc23)c2ccccc2)cc1. The van der Waals surface area contributed by atoms with Crippen LogP contribution in [0, 0.1) is 6.92 Å². The first-order chi connectivity index (χ1) is 17.8. The van der Waals surface area contributed by atoms with E-state index in [4.69, 9.17) is 11.6 Å². The molecule has 37 heavy (non-hydrogen) atoms. The van der Waals surface area contributed by atoms with Gasteiger partial charge in [0.1, 0.15) is 0 Å². The molecule has 0 saturated carbocycles. The highest BCUT2D eigenvalue weighted by molar-refractivity contribution is 7.93. The van der Waals surface area contributed by atoms with Crippen molar-refractivity contribution in [3.05, 3.63) is 131 Å². The van der Waals surface area contributed by atoms with Crippen LogP contribution in [0.3, 0.4) is 0 Å². The molecule has 1 unspecified atom stereocenters. The van der Waals surface area contributed by atoms with Gasteiger partial charge in [0.05, 0.1) is 16.5 Å². The van der Waals surface area contributed by atoms with Gasteiger partial charge in [-0.25, -0.2) is 12.7 Å². The van der Waals surface area contributed by atoms with Crippen LogP contribution in [0.15, 0.2) is 114 Å². The third kappa shape index (κ3) is 4.66. The average molecular weight is 529 g/mol. The van der Waals surface area contributed by atoms with Crippen molar-refractivity contribution in [1.29, 1.82) is 0 Å². The fourth-order valence-electron chi connectivity index (χ4n) is 4.60. The normalized spacial score (nSPS) is 12.4. The van der Waals surface area contributed by atoms with Gasteiger partial charge in [0.25, 0.3) is 15.9 Å². The predicted octanol–water partition coefficient (Wildman–Crippen LogP) is 6.69. The molecule has 186 valence electrons. The van der Waals surface area contributed by atoms with Gasteiger partial charge in [0, 0.05) is 29.2 Å². The third-order valence-corrected chi connectivity index (χ3v) is 8.40. The second-order valence-corrected chi connectivity index (χ2v) is 11.2. The zero-order chi connectivity index (χ0) is 26.2. The zero-order valence-electron chi connectivity index (χ0n) is 20.4. The van der Waals surface area contributed by atoms with Gasteiger partial charge in [-0.15, -0.1) is 0 Å². The standard InChI is InChI=1S/C30H25ClN2O3S/c1-21-13-16-25(17-14-21)37(35,36)33(24-11-7-4-8-12-24)30(34)29(22-9-5-3-6-10-22)27-20-32(2)28-19-23(31)15-18-26(27)28/h3-20,29H,1-2H3. The minimum atomic E-state index is -4.23. The molecule has 5 rings (SSSR count). The summed E-state index contributed by atoms with van der Waals surface area (Å²) in [6, 6.07) is 29.7. The number of benzene rings is 4. The summed E-state index contributed by atoms with van der Waals surface area (Å²) >= 11 is 6.26. The molecule has 0 aliphatic heterocycles. The number of carbonyl (C=O) groups excluding carboxylic acids is 1. The van der Waals surface area contributed by atoms with E-state index in [1.165, 1.54) is 12.1 Å². The topological polar surface area (TPSA) is 59.4 Å². The van der Waals surface area contributed by atoms with Gasteiger partial charge in [0.15, 0.2) is 0 Å². The van der Waals surface area contributed by atoms with E-state index >= 15 is 0 Å². The summed E-state index contributed by atoms with van der Waals surface area (Å²) in [5.74, 6) is -1.45. The summed E-state index contributed by atoms with van der Waals surface area (Å²) in [4.78, 5) is 14.6. The molecule has 0 saturated heterocycles. The molecular formula is C30H25ClN2O3S. The molecule has 0 N–H and O–H groups in total. The van der Waals surface area contributed by atoms with E-state index in [1.807, 2.05) is 67.2 Å². The van der Waals surface area contributed by atoms with Crippen LogP contribution in [0.1, 0.15) is 22.6 Å². The molecule has 5 aromatic rings. The maximum absolute atomic E-state index is 14.6. The number of fused-ring (bicyclic) bond motifs is 1. The smallest absolute Gasteiger partial charge is 0.270 e. The summed E-state index contributed by atoms with van der Waals surface area (Å²) in [6.45, 7) is 1.88. The first-order valence-electron chi connectivity index (χ1n) is 11.8. The van der Waals surface area contributed by atoms with Crippen molar-refractivity contribution in [3.63, 3.8) is 0 Å². The Hall–Kier alpha value is -3.87. The van der Waals surface area contributed by atoms with Crippen LogP contribution in [0.5, 0.6) is 0 Å². The Labute approximate surface area is 221 Å². The van der Waals surface area contributed by atoms with E-state index < -0.39 is 21.8 Å². The van der Waals surface area contributed by atoms with Gasteiger partial charge in [0.2, 0.25) is 0 Å². The maximum atomic E-state index is 14.6. The fourth-order valence-corrected chi connectivity index (χ4v) is 6.20. The number of halogens is 1. The van der Waals surface area contributed by atoms with Crippen molar-refractivity contribution in [2.75, 3.05) is 4.31 Å². The number of para-hydroxylation sites is 1. The van der Waals surface area contributed by atoms with Crippen molar-refractivity contribution < 1.29 is 13.2 Å². The second-order valence-electron chi connectivity index (χ2n) is 8.96. The predicted molar refractivity (Wildman–Crippen MR) is 149 cm³/mol. The lowest BCUT2D eigenvalue weighted by Gasteiger charge is -2.27. The molecule has 0 radical (unpaired) electrons. The molecule has 0 bridgehead atoms. The number of carbonyl (C=O) groups is 1. The van der Waals surface area contributed by atoms with Crippen molar-refractivity contribution in [2.45, 2.75) is 17.7 Å². The van der Waals surface area contributed by atoms with Crippen LogP contribution in [0.25, 0.3) is 10.9 Å². The van der Waals surface area contributed by atoms with E-state index in [-0.39, 0.29) is 10.6 Å². The number of hydrogen-bond acceptors (Lipinski definition) is 3. The van der Waals surface area contributed by atoms with E-state index in [0.717, 1.165) is 20.8 Å². The highest BCUT2D eigenvalue weighted by Crippen LogP contribution is 2.37. The Balaban J connectivity index is 1.75. The van der Waals surface area contributed by atoms with Gasteiger partial charge in [-0.3, -0.25) is 4.79 Å². The number of amides is 1. The number of aryl methyl sites for hydroxylation is 2. The van der Waals surface area contributed by atoms with Gasteiger partial charge >= 0.3 is 0 Å². The van der Waals surface area contributed by atoms with Crippen LogP contribution in [-0.4, -0.2) is 18.9 Å². The molecule has 0 fully saturated rings. The third-order valence-electron chi connectivity index (χ3n) is 6.42. The molecule has 7 heteroatoms. The van der Waals surface area contributed by atoms with Crippen LogP contribution < -0.4 is 4.31 Å². The first kappa shape index (κ1) is 24.8. The molecule has 1 heterocycles. The number of nitrogens with zero attached hydrogens (tertiary/aromatic N) is 2. The molecular weight excluding hydrogens is 504 g/mol. The summed E-state index contributed by atoms with van der Waals surface area (Å²) in [6.07, 6.45) is 1.87. The van der Waals surface area contributed by atoms with Crippen LogP contribution >= 0.6 is 11.6 Å².